The summed E-state index contributed by atoms with van der Waals surface area (Å²) >= 11 is 5.56. The second kappa shape index (κ2) is 7.31. The molecular formula is C15H25N4S-. The first-order valence-electron chi connectivity index (χ1n) is 7.41. The number of rotatable bonds is 6. The predicted molar refractivity (Wildman–Crippen MR) is 87.2 cm³/mol. The van der Waals surface area contributed by atoms with Crippen molar-refractivity contribution in [2.24, 2.45) is 0 Å². The molecule has 4 nitrogen and oxygen atoms in total. The van der Waals surface area contributed by atoms with Crippen molar-refractivity contribution in [2.45, 2.75) is 32.4 Å². The van der Waals surface area contributed by atoms with Crippen LogP contribution in [0.4, 0.5) is 5.69 Å². The molecule has 1 aromatic carbocycles. The Hall–Kier alpha value is -0.750. The number of para-hydroxylation sites is 1. The third kappa shape index (κ3) is 3.47. The lowest BCUT2D eigenvalue weighted by Crippen LogP contribution is -2.42. The monoisotopic (exact) mass is 293 g/mol. The lowest BCUT2D eigenvalue weighted by molar-refractivity contribution is 0.198. The quantitative estimate of drug-likeness (QED) is 0.806. The Labute approximate surface area is 128 Å². The predicted octanol–water partition coefficient (Wildman–Crippen LogP) is 1.83. The van der Waals surface area contributed by atoms with Crippen LogP contribution >= 0.6 is 0 Å². The highest BCUT2D eigenvalue weighted by molar-refractivity contribution is 7.59. The zero-order valence-corrected chi connectivity index (χ0v) is 13.4. The Morgan fingerprint density at radius 3 is 2.45 bits per heavy atom. The van der Waals surface area contributed by atoms with E-state index in [0.29, 0.717) is 0 Å². The summed E-state index contributed by atoms with van der Waals surface area (Å²) < 4.78 is 0. The molecule has 5 heteroatoms. The second-order valence-corrected chi connectivity index (χ2v) is 5.53. The van der Waals surface area contributed by atoms with Gasteiger partial charge < -0.3 is 17.5 Å². The fraction of sp³-hybridized carbons (Fsp3) is 0.600. The molecular weight excluding hydrogens is 268 g/mol. The molecule has 1 aliphatic heterocycles. The molecule has 0 bridgehead atoms. The largest absolute Gasteiger partial charge is 0.757 e. The molecule has 112 valence electrons. The van der Waals surface area contributed by atoms with Gasteiger partial charge in [0.05, 0.1) is 11.9 Å². The van der Waals surface area contributed by atoms with Gasteiger partial charge in [-0.15, -0.1) is 0 Å². The minimum Gasteiger partial charge on any atom is -0.757 e. The van der Waals surface area contributed by atoms with Crippen LogP contribution in [-0.2, 0) is 12.6 Å². The molecule has 2 unspecified atom stereocenters. The molecule has 0 amide bonds. The maximum Gasteiger partial charge on any atom is 0.0941 e. The highest BCUT2D eigenvalue weighted by Gasteiger charge is 2.29. The van der Waals surface area contributed by atoms with Crippen molar-refractivity contribution in [3.63, 3.8) is 0 Å². The summed E-state index contributed by atoms with van der Waals surface area (Å²) in [5.41, 5.74) is 4.51. The van der Waals surface area contributed by atoms with Crippen LogP contribution in [0.3, 0.4) is 0 Å². The van der Waals surface area contributed by atoms with Crippen molar-refractivity contribution < 1.29 is 0 Å². The first-order chi connectivity index (χ1) is 9.67. The van der Waals surface area contributed by atoms with Gasteiger partial charge >= 0.3 is 0 Å². The molecule has 1 fully saturated rings. The Morgan fingerprint density at radius 1 is 1.20 bits per heavy atom. The summed E-state index contributed by atoms with van der Waals surface area (Å²) in [6, 6.07) is 10.4. The third-order valence-corrected chi connectivity index (χ3v) is 4.38. The topological polar surface area (TPSA) is 21.8 Å². The zero-order chi connectivity index (χ0) is 14.5. The van der Waals surface area contributed by atoms with Gasteiger partial charge in [-0.2, -0.15) is 0 Å². The molecule has 1 N–H and O–H groups in total. The van der Waals surface area contributed by atoms with Gasteiger partial charge in [-0.3, -0.25) is 9.91 Å². The van der Waals surface area contributed by atoms with Gasteiger partial charge in [0.2, 0.25) is 0 Å². The maximum atomic E-state index is 5.56. The average Bonchev–Trinajstić information content (AvgIpc) is 2.77. The van der Waals surface area contributed by atoms with E-state index in [1.54, 1.807) is 0 Å². The van der Waals surface area contributed by atoms with Crippen LogP contribution in [0.5, 0.6) is 0 Å². The molecule has 1 heterocycles. The Morgan fingerprint density at radius 2 is 1.85 bits per heavy atom. The number of nitrogens with one attached hydrogen (secondary N) is 1. The summed E-state index contributed by atoms with van der Waals surface area (Å²) in [4.78, 5) is 4.76. The molecule has 0 spiro atoms. The van der Waals surface area contributed by atoms with Crippen LogP contribution in [0.15, 0.2) is 30.3 Å². The van der Waals surface area contributed by atoms with Gasteiger partial charge in [-0.1, -0.05) is 32.0 Å². The van der Waals surface area contributed by atoms with E-state index in [9.17, 15) is 0 Å². The minimum absolute atomic E-state index is 0.0410. The minimum atomic E-state index is -0.0410. The van der Waals surface area contributed by atoms with Crippen LogP contribution in [0.25, 0.3) is 0 Å². The van der Waals surface area contributed by atoms with Gasteiger partial charge in [0, 0.05) is 13.1 Å². The number of hydrogen-bond donors (Lipinski definition) is 1. The Balaban J connectivity index is 1.98. The van der Waals surface area contributed by atoms with E-state index in [1.165, 1.54) is 5.69 Å². The first kappa shape index (κ1) is 15.6. The smallest absolute Gasteiger partial charge is 0.0941 e. The number of likely N-dealkylation sites (N-methyl/N-ethyl adjacent to an activating group) is 1. The van der Waals surface area contributed by atoms with Gasteiger partial charge in [-0.05, 0) is 37.6 Å². The van der Waals surface area contributed by atoms with E-state index < -0.39 is 0 Å². The molecule has 2 atom stereocenters. The van der Waals surface area contributed by atoms with Crippen LogP contribution < -0.4 is 10.4 Å². The van der Waals surface area contributed by atoms with Gasteiger partial charge in [0.15, 0.2) is 0 Å². The van der Waals surface area contributed by atoms with Gasteiger partial charge in [-0.25, -0.2) is 5.43 Å². The van der Waals surface area contributed by atoms with E-state index in [4.69, 9.17) is 12.6 Å². The first-order valence-corrected chi connectivity index (χ1v) is 7.88. The number of hydrogen-bond acceptors (Lipinski definition) is 5. The molecule has 0 saturated carbocycles. The van der Waals surface area contributed by atoms with Crippen LogP contribution in [0.2, 0.25) is 0 Å². The Bertz CT molecular complexity index is 396. The van der Waals surface area contributed by atoms with Crippen molar-refractivity contribution in [3.05, 3.63) is 30.3 Å². The normalized spacial score (nSPS) is 23.8. The number of benzene rings is 1. The van der Waals surface area contributed by atoms with Crippen molar-refractivity contribution in [1.82, 2.24) is 15.2 Å². The second-order valence-electron chi connectivity index (χ2n) is 5.08. The van der Waals surface area contributed by atoms with E-state index in [0.717, 1.165) is 26.2 Å². The van der Waals surface area contributed by atoms with Crippen molar-refractivity contribution in [3.8, 4) is 0 Å². The number of nitrogens with zero attached hydrogens (tertiary/aromatic N) is 3. The summed E-state index contributed by atoms with van der Waals surface area (Å²) in [5, 5.41) is 2.17. The lowest BCUT2D eigenvalue weighted by Gasteiger charge is -2.32. The summed E-state index contributed by atoms with van der Waals surface area (Å²) in [6.45, 7) is 10.9. The molecule has 1 aromatic rings. The summed E-state index contributed by atoms with van der Waals surface area (Å²) in [7, 11) is 0. The van der Waals surface area contributed by atoms with Crippen LogP contribution in [0, 0.1) is 0 Å². The molecule has 20 heavy (non-hydrogen) atoms. The van der Waals surface area contributed by atoms with Gasteiger partial charge in [0.25, 0.3) is 0 Å². The van der Waals surface area contributed by atoms with Crippen LogP contribution in [-0.4, -0.2) is 47.6 Å². The van der Waals surface area contributed by atoms with E-state index in [-0.39, 0.29) is 11.7 Å². The summed E-state index contributed by atoms with van der Waals surface area (Å²) in [6.07, 6.45) is 0.274. The highest BCUT2D eigenvalue weighted by Crippen LogP contribution is 2.22. The Kier molecular flexibility index (Phi) is 5.72. The van der Waals surface area contributed by atoms with Crippen molar-refractivity contribution >= 4 is 18.3 Å². The highest BCUT2D eigenvalue weighted by atomic mass is 32.1. The van der Waals surface area contributed by atoms with Crippen LogP contribution in [0.1, 0.15) is 20.8 Å². The average molecular weight is 293 g/mol. The molecule has 1 saturated heterocycles. The zero-order valence-electron chi connectivity index (χ0n) is 12.6. The van der Waals surface area contributed by atoms with Gasteiger partial charge in [0.1, 0.15) is 0 Å². The molecule has 0 radical (unpaired) electrons. The van der Waals surface area contributed by atoms with E-state index >= 15 is 0 Å². The lowest BCUT2D eigenvalue weighted by atomic mass is 10.3. The number of hydrazine groups is 1. The third-order valence-electron chi connectivity index (χ3n) is 4.01. The molecule has 0 aliphatic carbocycles. The fourth-order valence-corrected chi connectivity index (χ4v) is 3.02. The number of anilines is 1. The van der Waals surface area contributed by atoms with E-state index in [1.807, 2.05) is 6.07 Å². The van der Waals surface area contributed by atoms with E-state index in [2.05, 4.69) is 65.3 Å². The van der Waals surface area contributed by atoms with Crippen molar-refractivity contribution in [1.29, 1.82) is 0 Å². The summed E-state index contributed by atoms with van der Waals surface area (Å²) in [5.74, 6) is 0. The SMILES string of the molecule is CCN(CC)CCN1C([S-])NN(c2ccccc2)C1C. The standard InChI is InChI=1S/C15H26N4S/c1-4-17(5-2)11-12-18-13(3)19(16-15(18)20)14-9-7-6-8-10-14/h6-10,13,15-16,20H,4-5,11-12H2,1-3H3/p-1. The fourth-order valence-electron chi connectivity index (χ4n) is 2.62. The molecule has 0 aromatic heterocycles. The van der Waals surface area contributed by atoms with Crippen molar-refractivity contribution in [2.75, 3.05) is 31.2 Å². The molecule has 1 aliphatic rings. The maximum absolute atomic E-state index is 5.56. The molecule has 2 rings (SSSR count).